The maximum absolute atomic E-state index is 13.4. The first-order valence-electron chi connectivity index (χ1n) is 9.58. The summed E-state index contributed by atoms with van der Waals surface area (Å²) >= 11 is 12.2. The van der Waals surface area contributed by atoms with Crippen molar-refractivity contribution in [1.29, 1.82) is 0 Å². The van der Waals surface area contributed by atoms with Crippen molar-refractivity contribution in [2.45, 2.75) is 25.3 Å². The van der Waals surface area contributed by atoms with Crippen molar-refractivity contribution in [3.8, 4) is 11.1 Å². The molecule has 1 fully saturated rings. The normalized spacial score (nSPS) is 19.7. The fourth-order valence-corrected chi connectivity index (χ4v) is 4.32. The topological polar surface area (TPSA) is 49.4 Å². The third-order valence-electron chi connectivity index (χ3n) is 5.68. The summed E-state index contributed by atoms with van der Waals surface area (Å²) in [4.78, 5) is 27.2. The Morgan fingerprint density at radius 2 is 1.50 bits per heavy atom. The van der Waals surface area contributed by atoms with Gasteiger partial charge in [-0.3, -0.25) is 4.79 Å². The molecule has 0 bridgehead atoms. The van der Waals surface area contributed by atoms with Gasteiger partial charge in [0, 0.05) is 16.0 Å². The zero-order valence-corrected chi connectivity index (χ0v) is 18.0. The fraction of sp³-hybridized carbons (Fsp3) is 0.167. The van der Waals surface area contributed by atoms with E-state index in [4.69, 9.17) is 23.2 Å². The van der Waals surface area contributed by atoms with Gasteiger partial charge < -0.3 is 5.32 Å². The Hall–Kier alpha value is -2.82. The maximum Gasteiger partial charge on any atom is 0.329 e. The maximum atomic E-state index is 13.4. The molecule has 1 heterocycles. The van der Waals surface area contributed by atoms with Crippen molar-refractivity contribution in [2.24, 2.45) is 0 Å². The summed E-state index contributed by atoms with van der Waals surface area (Å²) in [7, 11) is 0. The fourth-order valence-electron chi connectivity index (χ4n) is 3.80. The number of nitrogens with one attached hydrogen (secondary N) is 1. The number of rotatable bonds is 4. The third-order valence-corrected chi connectivity index (χ3v) is 6.12. The Morgan fingerprint density at radius 3 is 2.17 bits per heavy atom. The second-order valence-electron chi connectivity index (χ2n) is 7.61. The highest BCUT2D eigenvalue weighted by Gasteiger charge is 2.52. The van der Waals surface area contributed by atoms with Crippen LogP contribution in [0.15, 0.2) is 72.8 Å². The SMILES string of the molecule is C[C@H](c1cccc(-c2ccccc2)c1)[C@@]1(C)NC(=O)N(c2cc(Cl)cc(Cl)c2)C1=O. The van der Waals surface area contributed by atoms with E-state index < -0.39 is 11.6 Å². The van der Waals surface area contributed by atoms with E-state index in [1.807, 2.05) is 55.5 Å². The molecular weight excluding hydrogens is 419 g/mol. The van der Waals surface area contributed by atoms with Gasteiger partial charge in [-0.2, -0.15) is 0 Å². The number of halogens is 2. The van der Waals surface area contributed by atoms with Gasteiger partial charge in [-0.25, -0.2) is 9.69 Å². The van der Waals surface area contributed by atoms with Crippen LogP contribution < -0.4 is 10.2 Å². The molecule has 4 nitrogen and oxygen atoms in total. The van der Waals surface area contributed by atoms with E-state index in [9.17, 15) is 9.59 Å². The Balaban J connectivity index is 1.68. The number of nitrogens with zero attached hydrogens (tertiary/aromatic N) is 1. The summed E-state index contributed by atoms with van der Waals surface area (Å²) < 4.78 is 0. The average molecular weight is 439 g/mol. The standard InChI is InChI=1S/C24H20Cl2N2O2/c1-15(17-9-6-10-18(11-17)16-7-4-3-5-8-16)24(2)22(29)28(23(30)27-24)21-13-19(25)12-20(26)14-21/h3-15H,1-2H3,(H,27,30)/t15-,24-/m1/s1. The summed E-state index contributed by atoms with van der Waals surface area (Å²) in [5.41, 5.74) is 2.34. The minimum atomic E-state index is -1.11. The quantitative estimate of drug-likeness (QED) is 0.487. The number of carbonyl (C=O) groups is 2. The van der Waals surface area contributed by atoms with Crippen LogP contribution in [0, 0.1) is 0 Å². The van der Waals surface area contributed by atoms with Crippen LogP contribution in [0.3, 0.4) is 0 Å². The molecule has 0 spiro atoms. The number of hydrogen-bond donors (Lipinski definition) is 1. The van der Waals surface area contributed by atoms with E-state index in [0.717, 1.165) is 21.6 Å². The molecule has 3 aromatic rings. The highest BCUT2D eigenvalue weighted by molar-refractivity contribution is 6.35. The number of amides is 3. The van der Waals surface area contributed by atoms with E-state index >= 15 is 0 Å². The highest BCUT2D eigenvalue weighted by Crippen LogP contribution is 2.37. The smallest absolute Gasteiger partial charge is 0.322 e. The van der Waals surface area contributed by atoms with Gasteiger partial charge in [0.25, 0.3) is 5.91 Å². The van der Waals surface area contributed by atoms with Crippen LogP contribution in [0.5, 0.6) is 0 Å². The van der Waals surface area contributed by atoms with Crippen LogP contribution in [0.1, 0.15) is 25.3 Å². The molecule has 0 aliphatic carbocycles. The van der Waals surface area contributed by atoms with Crippen molar-refractivity contribution in [2.75, 3.05) is 4.90 Å². The lowest BCUT2D eigenvalue weighted by molar-refractivity contribution is -0.122. The van der Waals surface area contributed by atoms with Crippen LogP contribution in [0.2, 0.25) is 10.0 Å². The van der Waals surface area contributed by atoms with Crippen LogP contribution in [-0.4, -0.2) is 17.5 Å². The van der Waals surface area contributed by atoms with Gasteiger partial charge in [0.1, 0.15) is 5.54 Å². The van der Waals surface area contributed by atoms with Gasteiger partial charge in [0.15, 0.2) is 0 Å². The zero-order valence-electron chi connectivity index (χ0n) is 16.5. The third kappa shape index (κ3) is 3.57. The number of benzene rings is 3. The molecule has 0 saturated carbocycles. The van der Waals surface area contributed by atoms with Crippen LogP contribution >= 0.6 is 23.2 Å². The molecule has 1 aliphatic rings. The van der Waals surface area contributed by atoms with Crippen molar-refractivity contribution < 1.29 is 9.59 Å². The monoisotopic (exact) mass is 438 g/mol. The molecule has 3 amide bonds. The van der Waals surface area contributed by atoms with Crippen molar-refractivity contribution in [3.05, 3.63) is 88.4 Å². The zero-order chi connectivity index (χ0) is 21.5. The van der Waals surface area contributed by atoms with E-state index in [0.29, 0.717) is 15.7 Å². The van der Waals surface area contributed by atoms with E-state index in [-0.39, 0.29) is 11.8 Å². The number of hydrogen-bond acceptors (Lipinski definition) is 2. The summed E-state index contributed by atoms with van der Waals surface area (Å²) in [5, 5.41) is 3.59. The second kappa shape index (κ2) is 7.78. The van der Waals surface area contributed by atoms with E-state index in [1.54, 1.807) is 25.1 Å². The molecule has 3 aromatic carbocycles. The van der Waals surface area contributed by atoms with E-state index in [1.165, 1.54) is 0 Å². The van der Waals surface area contributed by atoms with Crippen molar-refractivity contribution in [1.82, 2.24) is 5.32 Å². The lowest BCUT2D eigenvalue weighted by Gasteiger charge is -2.29. The molecule has 0 unspecified atom stereocenters. The van der Waals surface area contributed by atoms with Gasteiger partial charge in [0.05, 0.1) is 5.69 Å². The minimum absolute atomic E-state index is 0.266. The highest BCUT2D eigenvalue weighted by atomic mass is 35.5. The number of carbonyl (C=O) groups excluding carboxylic acids is 2. The van der Waals surface area contributed by atoms with E-state index in [2.05, 4.69) is 11.4 Å². The number of anilines is 1. The summed E-state index contributed by atoms with van der Waals surface area (Å²) in [6.45, 7) is 3.69. The van der Waals surface area contributed by atoms with Gasteiger partial charge in [-0.15, -0.1) is 0 Å². The Labute approximate surface area is 185 Å². The number of imide groups is 1. The largest absolute Gasteiger partial charge is 0.329 e. The number of urea groups is 1. The molecule has 2 atom stereocenters. The van der Waals surface area contributed by atoms with Crippen LogP contribution in [-0.2, 0) is 4.79 Å². The molecule has 0 aromatic heterocycles. The molecule has 30 heavy (non-hydrogen) atoms. The summed E-state index contributed by atoms with van der Waals surface area (Å²) in [5.74, 6) is -0.610. The Kier molecular flexibility index (Phi) is 5.31. The van der Waals surface area contributed by atoms with Gasteiger partial charge in [0.2, 0.25) is 0 Å². The molecule has 4 rings (SSSR count). The summed E-state index contributed by atoms with van der Waals surface area (Å²) in [6, 6.07) is 22.2. The second-order valence-corrected chi connectivity index (χ2v) is 8.49. The molecular formula is C24H20Cl2N2O2. The predicted molar refractivity (Wildman–Crippen MR) is 121 cm³/mol. The van der Waals surface area contributed by atoms with Crippen molar-refractivity contribution >= 4 is 40.8 Å². The minimum Gasteiger partial charge on any atom is -0.322 e. The first kappa shape index (κ1) is 20.5. The first-order chi connectivity index (χ1) is 14.3. The lowest BCUT2D eigenvalue weighted by Crippen LogP contribution is -2.48. The van der Waals surface area contributed by atoms with Crippen molar-refractivity contribution in [3.63, 3.8) is 0 Å². The predicted octanol–water partition coefficient (Wildman–Crippen LogP) is 6.28. The van der Waals surface area contributed by atoms with Gasteiger partial charge in [-0.05, 0) is 41.8 Å². The lowest BCUT2D eigenvalue weighted by atomic mass is 9.81. The molecule has 0 radical (unpaired) electrons. The molecule has 152 valence electrons. The molecule has 6 heteroatoms. The van der Waals surface area contributed by atoms with Crippen LogP contribution in [0.4, 0.5) is 10.5 Å². The Morgan fingerprint density at radius 1 is 0.867 bits per heavy atom. The summed E-state index contributed by atoms with van der Waals surface area (Å²) in [6.07, 6.45) is 0. The van der Waals surface area contributed by atoms with Gasteiger partial charge in [-0.1, -0.05) is 84.7 Å². The molecule has 1 N–H and O–H groups in total. The Bertz CT molecular complexity index is 1110. The van der Waals surface area contributed by atoms with Crippen LogP contribution in [0.25, 0.3) is 11.1 Å². The van der Waals surface area contributed by atoms with Gasteiger partial charge >= 0.3 is 6.03 Å². The first-order valence-corrected chi connectivity index (χ1v) is 10.3. The molecule has 1 aliphatic heterocycles. The average Bonchev–Trinajstić information content (AvgIpc) is 2.96. The molecule has 1 saturated heterocycles.